The molecule has 0 rings (SSSR count). The van der Waals surface area contributed by atoms with E-state index in [0.717, 1.165) is 31.8 Å². The fourth-order valence-electron chi connectivity index (χ4n) is 1.06. The first kappa shape index (κ1) is 11.3. The molecule has 0 aromatic carbocycles. The summed E-state index contributed by atoms with van der Waals surface area (Å²) in [5.74, 6) is 0.206. The van der Waals surface area contributed by atoms with Crippen LogP contribution in [0.5, 0.6) is 0 Å². The van der Waals surface area contributed by atoms with E-state index in [1.165, 1.54) is 0 Å². The van der Waals surface area contributed by atoms with Crippen LogP contribution in [0.4, 0.5) is 0 Å². The molecule has 0 spiro atoms. The average Bonchev–Trinajstić information content (AvgIpc) is 2.12. The minimum atomic E-state index is 0.0730. The third-order valence-electron chi connectivity index (χ3n) is 2.03. The minimum Gasteiger partial charge on any atom is -0.303 e. The van der Waals surface area contributed by atoms with Crippen molar-refractivity contribution >= 4 is 12.6 Å². The Morgan fingerprint density at radius 3 is 2.25 bits per heavy atom. The van der Waals surface area contributed by atoms with Gasteiger partial charge in [-0.05, 0) is 19.3 Å². The second-order valence-electron chi connectivity index (χ2n) is 3.18. The van der Waals surface area contributed by atoms with Crippen LogP contribution in [0.1, 0.15) is 33.1 Å². The highest BCUT2D eigenvalue weighted by Gasteiger charge is 2.05. The fraction of sp³-hybridized carbons (Fsp3) is 0.700. The van der Waals surface area contributed by atoms with Gasteiger partial charge in [-0.1, -0.05) is 20.3 Å². The zero-order valence-electron chi connectivity index (χ0n) is 7.82. The number of hydrogen-bond acceptors (Lipinski definition) is 2. The lowest BCUT2D eigenvalue weighted by atomic mass is 9.97. The summed E-state index contributed by atoms with van der Waals surface area (Å²) in [4.78, 5) is 20.6. The first-order chi connectivity index (χ1) is 5.74. The van der Waals surface area contributed by atoms with Crippen LogP contribution in [0.25, 0.3) is 0 Å². The predicted octanol–water partition coefficient (Wildman–Crippen LogP) is 2.03. The van der Waals surface area contributed by atoms with E-state index in [0.29, 0.717) is 0 Å². The maximum atomic E-state index is 10.4. The molecule has 2 unspecified atom stereocenters. The molecule has 0 aromatic rings. The molecule has 0 amide bonds. The number of carbonyl (C=O) groups excluding carboxylic acids is 2. The normalized spacial score (nSPS) is 15.2. The van der Waals surface area contributed by atoms with Gasteiger partial charge in [0, 0.05) is 11.8 Å². The van der Waals surface area contributed by atoms with Gasteiger partial charge in [0.05, 0.1) is 0 Å². The quantitative estimate of drug-likeness (QED) is 0.546. The SMILES string of the molecule is C[CH]C(C=O)CCCC(C)C=O. The maximum Gasteiger partial charge on any atom is 0.123 e. The molecular formula is C10H17O2. The van der Waals surface area contributed by atoms with Crippen LogP contribution in [0.15, 0.2) is 0 Å². The van der Waals surface area contributed by atoms with E-state index in [9.17, 15) is 9.59 Å². The summed E-state index contributed by atoms with van der Waals surface area (Å²) in [7, 11) is 0. The van der Waals surface area contributed by atoms with Crippen molar-refractivity contribution in [2.24, 2.45) is 11.8 Å². The van der Waals surface area contributed by atoms with E-state index >= 15 is 0 Å². The summed E-state index contributed by atoms with van der Waals surface area (Å²) in [6, 6.07) is 0. The molecule has 0 saturated carbocycles. The lowest BCUT2D eigenvalue weighted by molar-refractivity contribution is -0.110. The maximum absolute atomic E-state index is 10.4. The van der Waals surface area contributed by atoms with Crippen LogP contribution in [0.3, 0.4) is 0 Å². The van der Waals surface area contributed by atoms with Crippen molar-refractivity contribution in [3.05, 3.63) is 6.42 Å². The molecule has 2 heteroatoms. The summed E-state index contributed by atoms with van der Waals surface area (Å²) in [6.07, 6.45) is 6.54. The topological polar surface area (TPSA) is 34.1 Å². The Kier molecular flexibility index (Phi) is 6.63. The highest BCUT2D eigenvalue weighted by Crippen LogP contribution is 2.12. The van der Waals surface area contributed by atoms with Gasteiger partial charge in [-0.25, -0.2) is 0 Å². The summed E-state index contributed by atoms with van der Waals surface area (Å²) in [5.41, 5.74) is 0. The average molecular weight is 169 g/mol. The summed E-state index contributed by atoms with van der Waals surface area (Å²) in [5, 5.41) is 0. The molecule has 0 aliphatic rings. The monoisotopic (exact) mass is 169 g/mol. The second-order valence-corrected chi connectivity index (χ2v) is 3.18. The van der Waals surface area contributed by atoms with Crippen molar-refractivity contribution in [3.8, 4) is 0 Å². The van der Waals surface area contributed by atoms with Gasteiger partial charge in [0.25, 0.3) is 0 Å². The first-order valence-corrected chi connectivity index (χ1v) is 4.44. The fourth-order valence-corrected chi connectivity index (χ4v) is 1.06. The molecular weight excluding hydrogens is 152 g/mol. The number of aldehydes is 2. The van der Waals surface area contributed by atoms with Crippen LogP contribution in [0.2, 0.25) is 0 Å². The molecule has 0 aliphatic heterocycles. The van der Waals surface area contributed by atoms with Crippen LogP contribution in [-0.2, 0) is 9.59 Å². The van der Waals surface area contributed by atoms with Crippen LogP contribution in [-0.4, -0.2) is 12.6 Å². The van der Waals surface area contributed by atoms with Gasteiger partial charge in [-0.3, -0.25) is 0 Å². The molecule has 0 fully saturated rings. The molecule has 12 heavy (non-hydrogen) atoms. The lowest BCUT2D eigenvalue weighted by Crippen LogP contribution is -2.02. The molecule has 69 valence electrons. The molecule has 0 N–H and O–H groups in total. The Morgan fingerprint density at radius 2 is 1.83 bits per heavy atom. The van der Waals surface area contributed by atoms with Crippen molar-refractivity contribution in [2.45, 2.75) is 33.1 Å². The molecule has 0 aliphatic carbocycles. The van der Waals surface area contributed by atoms with E-state index in [1.807, 2.05) is 20.3 Å². The number of hydrogen-bond donors (Lipinski definition) is 0. The largest absolute Gasteiger partial charge is 0.303 e. The highest BCUT2D eigenvalue weighted by molar-refractivity contribution is 5.55. The lowest BCUT2D eigenvalue weighted by Gasteiger charge is -2.07. The predicted molar refractivity (Wildman–Crippen MR) is 48.6 cm³/mol. The van der Waals surface area contributed by atoms with Crippen LogP contribution in [0, 0.1) is 18.3 Å². The van der Waals surface area contributed by atoms with E-state index in [1.54, 1.807) is 0 Å². The number of rotatable bonds is 7. The van der Waals surface area contributed by atoms with Crippen molar-refractivity contribution in [1.29, 1.82) is 0 Å². The zero-order valence-corrected chi connectivity index (χ0v) is 7.82. The molecule has 2 nitrogen and oxygen atoms in total. The smallest absolute Gasteiger partial charge is 0.123 e. The second kappa shape index (κ2) is 7.01. The van der Waals surface area contributed by atoms with E-state index in [2.05, 4.69) is 0 Å². The Bertz CT molecular complexity index is 132. The molecule has 0 bridgehead atoms. The highest BCUT2D eigenvalue weighted by atomic mass is 16.1. The third-order valence-corrected chi connectivity index (χ3v) is 2.03. The van der Waals surface area contributed by atoms with E-state index in [4.69, 9.17) is 0 Å². The van der Waals surface area contributed by atoms with Crippen molar-refractivity contribution in [2.75, 3.05) is 0 Å². The van der Waals surface area contributed by atoms with Gasteiger partial charge < -0.3 is 9.59 Å². The van der Waals surface area contributed by atoms with Gasteiger partial charge in [-0.2, -0.15) is 0 Å². The van der Waals surface area contributed by atoms with Gasteiger partial charge in [0.15, 0.2) is 0 Å². The summed E-state index contributed by atoms with van der Waals surface area (Å²) < 4.78 is 0. The molecule has 0 aromatic heterocycles. The Morgan fingerprint density at radius 1 is 1.17 bits per heavy atom. The molecule has 2 atom stereocenters. The Labute approximate surface area is 74.3 Å². The summed E-state index contributed by atoms with van der Waals surface area (Å²) in [6.45, 7) is 3.79. The van der Waals surface area contributed by atoms with Gasteiger partial charge in [0.2, 0.25) is 0 Å². The zero-order chi connectivity index (χ0) is 9.40. The number of carbonyl (C=O) groups is 2. The molecule has 0 heterocycles. The summed E-state index contributed by atoms with van der Waals surface area (Å²) >= 11 is 0. The third kappa shape index (κ3) is 5.05. The minimum absolute atomic E-state index is 0.0730. The van der Waals surface area contributed by atoms with Gasteiger partial charge in [0.1, 0.15) is 12.6 Å². The standard InChI is InChI=1S/C10H17O2/c1-3-10(8-12)6-4-5-9(2)7-11/h3,7-10H,4-6H2,1-2H3. The van der Waals surface area contributed by atoms with E-state index in [-0.39, 0.29) is 11.8 Å². The van der Waals surface area contributed by atoms with E-state index < -0.39 is 0 Å². The van der Waals surface area contributed by atoms with Crippen molar-refractivity contribution in [3.63, 3.8) is 0 Å². The van der Waals surface area contributed by atoms with Gasteiger partial charge in [-0.15, -0.1) is 0 Å². The van der Waals surface area contributed by atoms with Gasteiger partial charge >= 0.3 is 0 Å². The van der Waals surface area contributed by atoms with Crippen LogP contribution < -0.4 is 0 Å². The Hall–Kier alpha value is -0.660. The van der Waals surface area contributed by atoms with Crippen molar-refractivity contribution < 1.29 is 9.59 Å². The van der Waals surface area contributed by atoms with Crippen LogP contribution >= 0.6 is 0 Å². The van der Waals surface area contributed by atoms with Crippen molar-refractivity contribution in [1.82, 2.24) is 0 Å². The Balaban J connectivity index is 3.40. The first-order valence-electron chi connectivity index (χ1n) is 4.44. The molecule has 0 saturated heterocycles. The molecule has 1 radical (unpaired) electrons.